The molecule has 1 amide bonds. The number of allylic oxidation sites excluding steroid dienone is 2. The van der Waals surface area contributed by atoms with Crippen LogP contribution in [0.3, 0.4) is 0 Å². The lowest BCUT2D eigenvalue weighted by molar-refractivity contribution is -0.148. The molecule has 648 valence electrons. The molecule has 0 radical (unpaired) electrons. The molecule has 1 aliphatic heterocycles. The highest BCUT2D eigenvalue weighted by Crippen LogP contribution is 2.44. The molecular formula is C109H154N2O6S2. The zero-order valence-corrected chi connectivity index (χ0v) is 80.1. The van der Waals surface area contributed by atoms with E-state index in [4.69, 9.17) is 13.9 Å². The number of nitrogens with one attached hydrogen (secondary N) is 2. The fraction of sp³-hybridized carbons (Fsp3) is 0.422. The van der Waals surface area contributed by atoms with E-state index in [1.807, 2.05) is 252 Å². The molecule has 119 heavy (non-hydrogen) atoms. The highest BCUT2D eigenvalue weighted by molar-refractivity contribution is 7.26. The molecule has 0 spiro atoms. The van der Waals surface area contributed by atoms with Gasteiger partial charge in [-0.3, -0.25) is 14.4 Å². The van der Waals surface area contributed by atoms with Crippen molar-refractivity contribution in [1.29, 1.82) is 0 Å². The van der Waals surface area contributed by atoms with Gasteiger partial charge in [-0.15, -0.1) is 22.7 Å². The van der Waals surface area contributed by atoms with Gasteiger partial charge in [-0.1, -0.05) is 376 Å². The molecule has 3 aromatic heterocycles. The van der Waals surface area contributed by atoms with E-state index in [1.54, 1.807) is 12.1 Å². The summed E-state index contributed by atoms with van der Waals surface area (Å²) in [5.41, 5.74) is 12.8. The number of ether oxygens (including phenoxy) is 2. The molecule has 4 heterocycles. The maximum atomic E-state index is 11.4. The van der Waals surface area contributed by atoms with E-state index in [-0.39, 0.29) is 35.6 Å². The summed E-state index contributed by atoms with van der Waals surface area (Å²) in [5, 5.41) is 15.3. The number of rotatable bonds is 19. The molecule has 0 bridgehead atoms. The maximum Gasteiger partial charge on any atom is 0.314 e. The first-order valence-corrected chi connectivity index (χ1v) is 47.0. The van der Waals surface area contributed by atoms with Gasteiger partial charge in [0.25, 0.3) is 0 Å². The molecule has 9 aromatic carbocycles. The smallest absolute Gasteiger partial charge is 0.314 e. The van der Waals surface area contributed by atoms with Gasteiger partial charge in [0.15, 0.2) is 0 Å². The fourth-order valence-corrected chi connectivity index (χ4v) is 14.3. The van der Waals surface area contributed by atoms with Crippen molar-refractivity contribution in [3.63, 3.8) is 0 Å². The van der Waals surface area contributed by atoms with Gasteiger partial charge in [0.2, 0.25) is 5.91 Å². The number of thiophene rings is 2. The third kappa shape index (κ3) is 35.1. The Hall–Kier alpha value is -9.35. The summed E-state index contributed by atoms with van der Waals surface area (Å²) < 4.78 is 20.4. The average Bonchev–Trinajstić information content (AvgIpc) is 1.63. The van der Waals surface area contributed by atoms with Crippen LogP contribution in [0.25, 0.3) is 52.2 Å². The normalized spacial score (nSPS) is 13.5. The van der Waals surface area contributed by atoms with Crippen LogP contribution in [-0.2, 0) is 25.5 Å². The molecule has 10 heteroatoms. The highest BCUT2D eigenvalue weighted by Gasteiger charge is 2.32. The number of hydrogen-bond donors (Lipinski definition) is 2. The van der Waals surface area contributed by atoms with Gasteiger partial charge in [0.1, 0.15) is 16.9 Å². The van der Waals surface area contributed by atoms with Crippen LogP contribution in [-0.4, -0.2) is 30.5 Å². The fourth-order valence-electron chi connectivity index (χ4n) is 12.2. The lowest BCUT2D eigenvalue weighted by Crippen LogP contribution is -2.19. The van der Waals surface area contributed by atoms with Crippen molar-refractivity contribution in [1.82, 2.24) is 0 Å². The van der Waals surface area contributed by atoms with Crippen molar-refractivity contribution in [2.75, 3.05) is 17.2 Å². The van der Waals surface area contributed by atoms with Crippen molar-refractivity contribution in [3.8, 4) is 5.75 Å². The Kier molecular flexibility index (Phi) is 57.6. The largest absolute Gasteiger partial charge is 0.465 e. The number of furan rings is 1. The monoisotopic (exact) mass is 1650 g/mol. The molecule has 2 N–H and O–H groups in total. The van der Waals surface area contributed by atoms with E-state index in [9.17, 15) is 14.4 Å². The first-order valence-electron chi connectivity index (χ1n) is 45.3. The summed E-state index contributed by atoms with van der Waals surface area (Å²) >= 11 is 3.75. The van der Waals surface area contributed by atoms with Gasteiger partial charge >= 0.3 is 11.9 Å². The number of para-hydroxylation sites is 3. The third-order valence-electron chi connectivity index (χ3n) is 20.5. The van der Waals surface area contributed by atoms with Gasteiger partial charge in [-0.25, -0.2) is 0 Å². The van der Waals surface area contributed by atoms with Crippen molar-refractivity contribution < 1.29 is 28.3 Å². The first-order chi connectivity index (χ1) is 57.9. The number of hydrogen-bond acceptors (Lipinski definition) is 9. The van der Waals surface area contributed by atoms with Crippen molar-refractivity contribution in [3.05, 3.63) is 281 Å². The lowest BCUT2D eigenvalue weighted by Gasteiger charge is -2.19. The Morgan fingerprint density at radius 2 is 0.916 bits per heavy atom. The minimum Gasteiger partial charge on any atom is -0.465 e. The summed E-state index contributed by atoms with van der Waals surface area (Å²) in [4.78, 5) is 34.1. The van der Waals surface area contributed by atoms with Gasteiger partial charge in [-0.05, 0) is 173 Å². The Balaban J connectivity index is 0.000000678. The standard InChI is InChI=1S/C16H19N.C16H16O.C16H16S.C13H18O2.C12H14S.C11H15NO.C11H14O2.7C2H6/c1-3-11(2)12-8-6-10-15-16(12)13-7-4-5-9-14(13)17-15;1-3-11(2)12-8-9-14-13-6-4-5-7-15(13)17-16(14)10-12;1-3-11(2)12-8-6-9-14-13-7-4-5-10-15(13)17-16(12)14;1-3-11(2)13(14)15-10-9-12-7-5-4-6-8-12;1-3-9(2)10-4-5-12-11(8-10)6-7-13-12;1-3-9(2)11(13)12-10-7-5-4-6-8-10;1-3-9(2)11(12)13-10-7-5-4-6-8-10;7*1-2/h4-11,13-14,17H,3H2,1-2H3;2*4-11H,3H2,1-2H3;4-8,11H,3,9-10H2,1-2H3;4-9H,3H2,1-2H3;4-9H,3H2,1-2H3,(H,12,13);4-9H,3H2,1-2H3;7*1-2H3. The average molecular weight is 1650 g/mol. The Morgan fingerprint density at radius 3 is 1.51 bits per heavy atom. The minimum absolute atomic E-state index is 0.0146. The Morgan fingerprint density at radius 1 is 0.429 bits per heavy atom. The second-order valence-corrected chi connectivity index (χ2v) is 29.8. The summed E-state index contributed by atoms with van der Waals surface area (Å²) in [6.45, 7) is 58.3. The van der Waals surface area contributed by atoms with Gasteiger partial charge in [0.05, 0.1) is 24.5 Å². The Bertz CT molecular complexity index is 4630. The van der Waals surface area contributed by atoms with E-state index in [0.29, 0.717) is 48.0 Å². The number of esters is 2. The van der Waals surface area contributed by atoms with Crippen LogP contribution < -0.4 is 15.4 Å². The molecule has 8 nitrogen and oxygen atoms in total. The molecule has 9 unspecified atom stereocenters. The SMILES string of the molecule is CC.CC.CC.CC.CC.CC.CC.CCC(C)C(=O)Nc1ccccc1.CCC(C)C(=O)OCCc1ccccc1.CCC(C)C(=O)Oc1ccccc1.CCC(C)c1ccc2c(c1)oc1ccccc12.CCC(C)c1ccc2sccc2c1.CCC(C)c1cccc2c1C1C=CC=CC1N2.CCC(C)c1cccc2c1sc1ccccc12. The van der Waals surface area contributed by atoms with E-state index in [0.717, 1.165) is 49.0 Å². The summed E-state index contributed by atoms with van der Waals surface area (Å²) in [7, 11) is 0. The maximum absolute atomic E-state index is 11.4. The third-order valence-corrected chi connectivity index (χ3v) is 22.6. The van der Waals surface area contributed by atoms with Gasteiger partial charge in [0, 0.05) is 65.3 Å². The molecule has 14 rings (SSSR count). The molecule has 2 aliphatic rings. The van der Waals surface area contributed by atoms with E-state index >= 15 is 0 Å². The summed E-state index contributed by atoms with van der Waals surface area (Å²) in [6, 6.07) is 75.1. The molecule has 0 fully saturated rings. The van der Waals surface area contributed by atoms with Crippen LogP contribution in [0.1, 0.15) is 302 Å². The number of carbonyl (C=O) groups is 3. The number of amides is 1. The zero-order chi connectivity index (χ0) is 89.2. The van der Waals surface area contributed by atoms with Crippen LogP contribution >= 0.6 is 22.7 Å². The van der Waals surface area contributed by atoms with Gasteiger partial charge < -0.3 is 24.5 Å². The highest BCUT2D eigenvalue weighted by atomic mass is 32.1. The minimum atomic E-state index is -0.159. The van der Waals surface area contributed by atoms with Crippen LogP contribution in [0.15, 0.2) is 252 Å². The number of benzene rings is 9. The second kappa shape index (κ2) is 63.6. The second-order valence-electron chi connectivity index (χ2n) is 27.8. The zero-order valence-electron chi connectivity index (χ0n) is 78.5. The quantitative estimate of drug-likeness (QED) is 0.0613. The van der Waals surface area contributed by atoms with Crippen molar-refractivity contribution >= 4 is 104 Å². The molecule has 0 saturated carbocycles. The van der Waals surface area contributed by atoms with Crippen LogP contribution in [0.5, 0.6) is 5.75 Å². The summed E-state index contributed by atoms with van der Waals surface area (Å²) in [6.07, 6.45) is 17.0. The Labute approximate surface area is 730 Å². The summed E-state index contributed by atoms with van der Waals surface area (Å²) in [5.74, 6) is 3.62. The molecule has 0 saturated heterocycles. The first kappa shape index (κ1) is 108. The number of anilines is 2. The van der Waals surface area contributed by atoms with E-state index < -0.39 is 0 Å². The van der Waals surface area contributed by atoms with Crippen molar-refractivity contribution in [2.45, 2.75) is 281 Å². The van der Waals surface area contributed by atoms with Crippen LogP contribution in [0.2, 0.25) is 0 Å². The number of fused-ring (bicyclic) bond motifs is 10. The topological polar surface area (TPSA) is 107 Å². The van der Waals surface area contributed by atoms with Crippen molar-refractivity contribution in [2.24, 2.45) is 17.8 Å². The van der Waals surface area contributed by atoms with E-state index in [1.165, 1.54) is 99.4 Å². The molecule has 9 atom stereocenters. The van der Waals surface area contributed by atoms with E-state index in [2.05, 4.69) is 211 Å². The predicted octanol–water partition coefficient (Wildman–Crippen LogP) is 34.6. The number of carbonyl (C=O) groups excluding carboxylic acids is 3. The molecule has 12 aromatic rings. The van der Waals surface area contributed by atoms with Crippen LogP contribution in [0, 0.1) is 17.8 Å². The predicted molar refractivity (Wildman–Crippen MR) is 531 cm³/mol. The van der Waals surface area contributed by atoms with Gasteiger partial charge in [-0.2, -0.15) is 0 Å². The van der Waals surface area contributed by atoms with Crippen LogP contribution in [0.4, 0.5) is 11.4 Å². The molecule has 1 aliphatic carbocycles. The molecular weight excluding hydrogens is 1500 g/mol. The lowest BCUT2D eigenvalue weighted by atomic mass is 9.84.